The van der Waals surface area contributed by atoms with Gasteiger partial charge in [0.15, 0.2) is 0 Å². The lowest BCUT2D eigenvalue weighted by molar-refractivity contribution is 0.198. The van der Waals surface area contributed by atoms with E-state index in [4.69, 9.17) is 0 Å². The molecule has 0 N–H and O–H groups in total. The van der Waals surface area contributed by atoms with E-state index in [9.17, 15) is 4.79 Å². The van der Waals surface area contributed by atoms with Gasteiger partial charge in [0.1, 0.15) is 0 Å². The molecule has 0 aromatic carbocycles. The van der Waals surface area contributed by atoms with Crippen molar-refractivity contribution in [2.45, 2.75) is 0 Å². The first kappa shape index (κ1) is 10.1. The molecule has 0 radical (unpaired) electrons. The standard InChI is InChI=1S/C9H17N3O/c1-4-11-7-8-12(9(11)13)6-5-10(2)3/h4H,1,5-8H2,2-3H3. The SMILES string of the molecule is C=CN1CCN(CCN(C)C)C1=O. The van der Waals surface area contributed by atoms with Crippen LogP contribution in [-0.4, -0.2) is 61.0 Å². The number of hydrogen-bond acceptors (Lipinski definition) is 2. The van der Waals surface area contributed by atoms with Gasteiger partial charge in [-0.1, -0.05) is 6.58 Å². The molecule has 0 aromatic rings. The summed E-state index contributed by atoms with van der Waals surface area (Å²) in [7, 11) is 4.01. The third-order valence-electron chi connectivity index (χ3n) is 2.16. The van der Waals surface area contributed by atoms with Crippen molar-refractivity contribution in [2.75, 3.05) is 40.3 Å². The Kier molecular flexibility index (Phi) is 3.31. The summed E-state index contributed by atoms with van der Waals surface area (Å²) in [6, 6.07) is 0.0804. The highest BCUT2D eigenvalue weighted by molar-refractivity contribution is 5.77. The molecule has 0 saturated carbocycles. The van der Waals surface area contributed by atoms with Gasteiger partial charge in [-0.15, -0.1) is 0 Å². The molecular weight excluding hydrogens is 166 g/mol. The van der Waals surface area contributed by atoms with Crippen LogP contribution in [0.25, 0.3) is 0 Å². The van der Waals surface area contributed by atoms with Crippen molar-refractivity contribution >= 4 is 6.03 Å². The monoisotopic (exact) mass is 183 g/mol. The second-order valence-electron chi connectivity index (χ2n) is 3.45. The summed E-state index contributed by atoms with van der Waals surface area (Å²) in [6.07, 6.45) is 1.60. The van der Waals surface area contributed by atoms with Crippen molar-refractivity contribution in [3.05, 3.63) is 12.8 Å². The molecule has 0 spiro atoms. The van der Waals surface area contributed by atoms with Gasteiger partial charge in [-0.25, -0.2) is 4.79 Å². The number of amides is 2. The first-order valence-electron chi connectivity index (χ1n) is 4.48. The van der Waals surface area contributed by atoms with Crippen LogP contribution in [0, 0.1) is 0 Å². The average Bonchev–Trinajstić information content (AvgIpc) is 2.43. The van der Waals surface area contributed by atoms with Gasteiger partial charge in [0.2, 0.25) is 0 Å². The molecule has 1 rings (SSSR count). The molecule has 1 fully saturated rings. The van der Waals surface area contributed by atoms with Crippen molar-refractivity contribution in [3.8, 4) is 0 Å². The molecule has 0 aromatic heterocycles. The quantitative estimate of drug-likeness (QED) is 0.632. The fourth-order valence-corrected chi connectivity index (χ4v) is 1.30. The summed E-state index contributed by atoms with van der Waals surface area (Å²) in [5.74, 6) is 0. The van der Waals surface area contributed by atoms with E-state index < -0.39 is 0 Å². The van der Waals surface area contributed by atoms with Crippen LogP contribution in [0.1, 0.15) is 0 Å². The molecule has 4 nitrogen and oxygen atoms in total. The van der Waals surface area contributed by atoms with Crippen LogP contribution in [0.5, 0.6) is 0 Å². The zero-order valence-electron chi connectivity index (χ0n) is 8.36. The van der Waals surface area contributed by atoms with Crippen LogP contribution in [0.15, 0.2) is 12.8 Å². The first-order valence-corrected chi connectivity index (χ1v) is 4.48. The zero-order valence-corrected chi connectivity index (χ0v) is 8.36. The summed E-state index contributed by atoms with van der Waals surface area (Å²) >= 11 is 0. The van der Waals surface area contributed by atoms with E-state index in [1.165, 1.54) is 0 Å². The third-order valence-corrected chi connectivity index (χ3v) is 2.16. The predicted octanol–water partition coefficient (Wildman–Crippen LogP) is 0.429. The first-order chi connectivity index (χ1) is 6.15. The lowest BCUT2D eigenvalue weighted by Crippen LogP contribution is -2.34. The van der Waals surface area contributed by atoms with E-state index in [1.807, 2.05) is 19.0 Å². The lowest BCUT2D eigenvalue weighted by atomic mass is 10.5. The summed E-state index contributed by atoms with van der Waals surface area (Å²) in [5, 5.41) is 0. The average molecular weight is 183 g/mol. The largest absolute Gasteiger partial charge is 0.324 e. The Bertz CT molecular complexity index is 203. The topological polar surface area (TPSA) is 26.8 Å². The van der Waals surface area contributed by atoms with Gasteiger partial charge < -0.3 is 9.80 Å². The van der Waals surface area contributed by atoms with Gasteiger partial charge >= 0.3 is 6.03 Å². The van der Waals surface area contributed by atoms with E-state index in [2.05, 4.69) is 11.5 Å². The second kappa shape index (κ2) is 4.28. The predicted molar refractivity (Wildman–Crippen MR) is 52.4 cm³/mol. The molecule has 2 amide bonds. The number of carbonyl (C=O) groups is 1. The minimum Gasteiger partial charge on any atom is -0.321 e. The molecule has 1 aliphatic heterocycles. The molecule has 4 heteroatoms. The van der Waals surface area contributed by atoms with Gasteiger partial charge in [0, 0.05) is 32.4 Å². The van der Waals surface area contributed by atoms with Crippen LogP contribution in [-0.2, 0) is 0 Å². The number of nitrogens with zero attached hydrogens (tertiary/aromatic N) is 3. The molecule has 0 unspecified atom stereocenters. The minimum absolute atomic E-state index is 0.0804. The third kappa shape index (κ3) is 2.45. The Morgan fingerprint density at radius 3 is 2.69 bits per heavy atom. The van der Waals surface area contributed by atoms with Crippen molar-refractivity contribution < 1.29 is 4.79 Å². The van der Waals surface area contributed by atoms with Crippen LogP contribution in [0.4, 0.5) is 4.79 Å². The van der Waals surface area contributed by atoms with Crippen LogP contribution >= 0.6 is 0 Å². The Labute approximate surface area is 79.4 Å². The molecule has 1 saturated heterocycles. The van der Waals surface area contributed by atoms with Crippen molar-refractivity contribution in [3.63, 3.8) is 0 Å². The number of hydrogen-bond donors (Lipinski definition) is 0. The zero-order chi connectivity index (χ0) is 9.84. The van der Waals surface area contributed by atoms with Crippen molar-refractivity contribution in [2.24, 2.45) is 0 Å². The number of urea groups is 1. The highest BCUT2D eigenvalue weighted by atomic mass is 16.2. The molecule has 1 heterocycles. The number of carbonyl (C=O) groups excluding carboxylic acids is 1. The Morgan fingerprint density at radius 2 is 2.23 bits per heavy atom. The fourth-order valence-electron chi connectivity index (χ4n) is 1.30. The van der Waals surface area contributed by atoms with Gasteiger partial charge in [-0.05, 0) is 14.1 Å². The molecule has 1 aliphatic rings. The molecule has 74 valence electrons. The Morgan fingerprint density at radius 1 is 1.54 bits per heavy atom. The van der Waals surface area contributed by atoms with E-state index in [-0.39, 0.29) is 6.03 Å². The maximum Gasteiger partial charge on any atom is 0.324 e. The van der Waals surface area contributed by atoms with Crippen molar-refractivity contribution in [1.29, 1.82) is 0 Å². The van der Waals surface area contributed by atoms with Gasteiger partial charge in [-0.2, -0.15) is 0 Å². The lowest BCUT2D eigenvalue weighted by Gasteiger charge is -2.18. The molecule has 0 aliphatic carbocycles. The molecular formula is C9H17N3O. The number of likely N-dealkylation sites (N-methyl/N-ethyl adjacent to an activating group) is 1. The van der Waals surface area contributed by atoms with Gasteiger partial charge in [0.05, 0.1) is 0 Å². The molecule has 13 heavy (non-hydrogen) atoms. The van der Waals surface area contributed by atoms with E-state index in [0.29, 0.717) is 0 Å². The number of rotatable bonds is 4. The normalized spacial score (nSPS) is 17.3. The van der Waals surface area contributed by atoms with E-state index >= 15 is 0 Å². The highest BCUT2D eigenvalue weighted by Gasteiger charge is 2.25. The maximum atomic E-state index is 11.5. The summed E-state index contributed by atoms with van der Waals surface area (Å²) in [5.41, 5.74) is 0. The summed E-state index contributed by atoms with van der Waals surface area (Å²) < 4.78 is 0. The van der Waals surface area contributed by atoms with Gasteiger partial charge in [0.25, 0.3) is 0 Å². The fraction of sp³-hybridized carbons (Fsp3) is 0.667. The maximum absolute atomic E-state index is 11.5. The minimum atomic E-state index is 0.0804. The van der Waals surface area contributed by atoms with Crippen LogP contribution in [0.2, 0.25) is 0 Å². The van der Waals surface area contributed by atoms with Crippen LogP contribution < -0.4 is 0 Å². The summed E-state index contributed by atoms with van der Waals surface area (Å²) in [4.78, 5) is 17.1. The summed E-state index contributed by atoms with van der Waals surface area (Å²) in [6.45, 7) is 6.90. The highest BCUT2D eigenvalue weighted by Crippen LogP contribution is 2.07. The van der Waals surface area contributed by atoms with E-state index in [1.54, 1.807) is 11.1 Å². The van der Waals surface area contributed by atoms with Gasteiger partial charge in [-0.3, -0.25) is 4.90 Å². The second-order valence-corrected chi connectivity index (χ2v) is 3.45. The smallest absolute Gasteiger partial charge is 0.321 e. The Hall–Kier alpha value is -1.03. The molecule has 0 bridgehead atoms. The Balaban J connectivity index is 2.37. The van der Waals surface area contributed by atoms with Crippen LogP contribution in [0.3, 0.4) is 0 Å². The van der Waals surface area contributed by atoms with E-state index in [0.717, 1.165) is 26.2 Å². The molecule has 0 atom stereocenters. The van der Waals surface area contributed by atoms with Crippen molar-refractivity contribution in [1.82, 2.24) is 14.7 Å².